The number of para-hydroxylation sites is 3. The van der Waals surface area contributed by atoms with Gasteiger partial charge in [-0.25, -0.2) is 0 Å². The maximum absolute atomic E-state index is 13.0. The monoisotopic (exact) mass is 522 g/mol. The minimum absolute atomic E-state index is 0. The van der Waals surface area contributed by atoms with E-state index in [1.54, 1.807) is 32.2 Å². The summed E-state index contributed by atoms with van der Waals surface area (Å²) in [5.74, 6) is 1.62. The van der Waals surface area contributed by atoms with Gasteiger partial charge in [-0.05, 0) is 44.2 Å². The fourth-order valence-corrected chi connectivity index (χ4v) is 3.96. The number of halogens is 1. The standard InChI is InChI=1S/C29H30N2O5.ClH/c1-20-26(32)22-12-8-13-23(28(22)36-27(20)21-10-4-3-5-11-21)29(33)31-17-9-16-30-18-19-35-25-15-7-6-14-24(25)34-2;/h3-8,10-15,30H,9,16-19H2,1-2H3,(H,31,33);1H. The summed E-state index contributed by atoms with van der Waals surface area (Å²) >= 11 is 0. The van der Waals surface area contributed by atoms with E-state index in [2.05, 4.69) is 10.6 Å². The molecule has 0 fully saturated rings. The van der Waals surface area contributed by atoms with Crippen LogP contribution in [0.4, 0.5) is 0 Å². The predicted molar refractivity (Wildman–Crippen MR) is 148 cm³/mol. The molecule has 0 radical (unpaired) electrons. The van der Waals surface area contributed by atoms with Crippen LogP contribution in [0.1, 0.15) is 22.3 Å². The summed E-state index contributed by atoms with van der Waals surface area (Å²) in [5.41, 5.74) is 1.83. The molecule has 0 bridgehead atoms. The molecule has 3 aromatic carbocycles. The summed E-state index contributed by atoms with van der Waals surface area (Å²) in [6, 6.07) is 22.0. The quantitative estimate of drug-likeness (QED) is 0.270. The Kier molecular flexibility index (Phi) is 10.1. The largest absolute Gasteiger partial charge is 0.493 e. The second-order valence-corrected chi connectivity index (χ2v) is 8.29. The molecule has 1 amide bonds. The highest BCUT2D eigenvalue weighted by Crippen LogP contribution is 2.27. The Labute approximate surface area is 222 Å². The number of benzene rings is 3. The normalized spacial score (nSPS) is 10.5. The lowest BCUT2D eigenvalue weighted by molar-refractivity contribution is 0.0954. The van der Waals surface area contributed by atoms with E-state index in [1.807, 2.05) is 54.6 Å². The lowest BCUT2D eigenvalue weighted by atomic mass is 10.0. The van der Waals surface area contributed by atoms with E-state index in [-0.39, 0.29) is 23.7 Å². The van der Waals surface area contributed by atoms with Crippen LogP contribution < -0.4 is 25.5 Å². The average molecular weight is 523 g/mol. The van der Waals surface area contributed by atoms with Crippen molar-refractivity contribution in [1.82, 2.24) is 10.6 Å². The van der Waals surface area contributed by atoms with E-state index < -0.39 is 0 Å². The molecule has 1 heterocycles. The van der Waals surface area contributed by atoms with Gasteiger partial charge in [-0.3, -0.25) is 9.59 Å². The number of ether oxygens (including phenoxy) is 2. The molecule has 37 heavy (non-hydrogen) atoms. The molecule has 4 rings (SSSR count). The van der Waals surface area contributed by atoms with Gasteiger partial charge in [-0.1, -0.05) is 48.5 Å². The van der Waals surface area contributed by atoms with Gasteiger partial charge in [0.2, 0.25) is 0 Å². The van der Waals surface area contributed by atoms with Gasteiger partial charge in [0.25, 0.3) is 5.91 Å². The van der Waals surface area contributed by atoms with Crippen molar-refractivity contribution in [3.63, 3.8) is 0 Å². The molecule has 7 nitrogen and oxygen atoms in total. The van der Waals surface area contributed by atoms with Crippen molar-refractivity contribution in [1.29, 1.82) is 0 Å². The van der Waals surface area contributed by atoms with Crippen LogP contribution in [-0.2, 0) is 0 Å². The summed E-state index contributed by atoms with van der Waals surface area (Å²) in [7, 11) is 1.62. The van der Waals surface area contributed by atoms with E-state index in [4.69, 9.17) is 13.9 Å². The van der Waals surface area contributed by atoms with Gasteiger partial charge in [0, 0.05) is 24.2 Å². The number of hydrogen-bond donors (Lipinski definition) is 2. The number of nitrogens with one attached hydrogen (secondary N) is 2. The average Bonchev–Trinajstić information content (AvgIpc) is 2.92. The highest BCUT2D eigenvalue weighted by atomic mass is 35.5. The van der Waals surface area contributed by atoms with Crippen LogP contribution in [0.15, 0.2) is 82.0 Å². The molecule has 2 N–H and O–H groups in total. The van der Waals surface area contributed by atoms with Gasteiger partial charge in [0.15, 0.2) is 22.5 Å². The smallest absolute Gasteiger partial charge is 0.255 e. The number of rotatable bonds is 11. The van der Waals surface area contributed by atoms with Crippen LogP contribution in [-0.4, -0.2) is 39.3 Å². The van der Waals surface area contributed by atoms with Crippen LogP contribution >= 0.6 is 12.4 Å². The number of carbonyl (C=O) groups excluding carboxylic acids is 1. The Morgan fingerprint density at radius 1 is 0.892 bits per heavy atom. The first-order valence-electron chi connectivity index (χ1n) is 12.0. The summed E-state index contributed by atoms with van der Waals surface area (Å²) in [6.45, 7) is 4.12. The van der Waals surface area contributed by atoms with Crippen LogP contribution in [0.3, 0.4) is 0 Å². The van der Waals surface area contributed by atoms with Gasteiger partial charge >= 0.3 is 0 Å². The number of carbonyl (C=O) groups is 1. The molecular formula is C29H31ClN2O5. The molecule has 0 aliphatic rings. The first-order chi connectivity index (χ1) is 17.6. The van der Waals surface area contributed by atoms with E-state index in [0.29, 0.717) is 59.1 Å². The summed E-state index contributed by atoms with van der Waals surface area (Å²) in [6.07, 6.45) is 0.740. The van der Waals surface area contributed by atoms with Crippen molar-refractivity contribution in [2.45, 2.75) is 13.3 Å². The highest BCUT2D eigenvalue weighted by Gasteiger charge is 2.18. The number of methoxy groups -OCH3 is 1. The van der Waals surface area contributed by atoms with E-state index >= 15 is 0 Å². The first kappa shape index (κ1) is 27.8. The maximum Gasteiger partial charge on any atom is 0.255 e. The number of amides is 1. The first-order valence-corrected chi connectivity index (χ1v) is 12.0. The van der Waals surface area contributed by atoms with Crippen LogP contribution in [0.25, 0.3) is 22.3 Å². The molecular weight excluding hydrogens is 492 g/mol. The van der Waals surface area contributed by atoms with Crippen molar-refractivity contribution < 1.29 is 18.7 Å². The topological polar surface area (TPSA) is 89.8 Å². The Hall–Kier alpha value is -3.81. The van der Waals surface area contributed by atoms with Crippen LogP contribution in [0.5, 0.6) is 11.5 Å². The zero-order chi connectivity index (χ0) is 25.3. The fourth-order valence-electron chi connectivity index (χ4n) is 3.96. The van der Waals surface area contributed by atoms with Gasteiger partial charge < -0.3 is 24.5 Å². The summed E-state index contributed by atoms with van der Waals surface area (Å²) in [4.78, 5) is 25.9. The highest BCUT2D eigenvalue weighted by molar-refractivity contribution is 6.05. The van der Waals surface area contributed by atoms with Gasteiger partial charge in [-0.15, -0.1) is 12.4 Å². The predicted octanol–water partition coefficient (Wildman–Crippen LogP) is 4.99. The summed E-state index contributed by atoms with van der Waals surface area (Å²) < 4.78 is 17.2. The van der Waals surface area contributed by atoms with E-state index in [0.717, 1.165) is 18.5 Å². The molecule has 8 heteroatoms. The minimum atomic E-state index is -0.272. The minimum Gasteiger partial charge on any atom is -0.493 e. The summed E-state index contributed by atoms with van der Waals surface area (Å²) in [5, 5.41) is 6.63. The molecule has 4 aromatic rings. The second-order valence-electron chi connectivity index (χ2n) is 8.29. The third kappa shape index (κ3) is 6.70. The maximum atomic E-state index is 13.0. The zero-order valence-electron chi connectivity index (χ0n) is 20.9. The van der Waals surface area contributed by atoms with E-state index in [9.17, 15) is 9.59 Å². The number of fused-ring (bicyclic) bond motifs is 1. The molecule has 0 spiro atoms. The molecule has 0 saturated carbocycles. The van der Waals surface area contributed by atoms with Crippen LogP contribution in [0.2, 0.25) is 0 Å². The zero-order valence-corrected chi connectivity index (χ0v) is 21.7. The second kappa shape index (κ2) is 13.5. The lowest BCUT2D eigenvalue weighted by Crippen LogP contribution is -2.29. The Morgan fingerprint density at radius 3 is 2.38 bits per heavy atom. The van der Waals surface area contributed by atoms with E-state index in [1.165, 1.54) is 0 Å². The number of hydrogen-bond acceptors (Lipinski definition) is 6. The molecule has 0 aliphatic heterocycles. The molecule has 0 saturated heterocycles. The molecule has 0 atom stereocenters. The van der Waals surface area contributed by atoms with Gasteiger partial charge in [0.1, 0.15) is 12.4 Å². The Morgan fingerprint density at radius 2 is 1.62 bits per heavy atom. The van der Waals surface area contributed by atoms with Crippen molar-refractivity contribution in [2.75, 3.05) is 33.4 Å². The SMILES string of the molecule is COc1ccccc1OCCNCCCNC(=O)c1cccc2c(=O)c(C)c(-c3ccccc3)oc12.Cl. The Bertz CT molecular complexity index is 1390. The van der Waals surface area contributed by atoms with Crippen molar-refractivity contribution in [2.24, 2.45) is 0 Å². The third-order valence-electron chi connectivity index (χ3n) is 5.85. The fraction of sp³-hybridized carbons (Fsp3) is 0.241. The van der Waals surface area contributed by atoms with Crippen molar-refractivity contribution in [3.8, 4) is 22.8 Å². The molecule has 0 unspecified atom stereocenters. The Balaban J connectivity index is 0.00000380. The van der Waals surface area contributed by atoms with Crippen molar-refractivity contribution >= 4 is 29.3 Å². The van der Waals surface area contributed by atoms with Crippen molar-refractivity contribution in [3.05, 3.63) is 94.1 Å². The van der Waals surface area contributed by atoms with Crippen LogP contribution in [0, 0.1) is 6.92 Å². The molecule has 1 aromatic heterocycles. The molecule has 0 aliphatic carbocycles. The van der Waals surface area contributed by atoms with Gasteiger partial charge in [0.05, 0.1) is 18.1 Å². The van der Waals surface area contributed by atoms with Gasteiger partial charge in [-0.2, -0.15) is 0 Å². The third-order valence-corrected chi connectivity index (χ3v) is 5.85. The molecule has 194 valence electrons. The lowest BCUT2D eigenvalue weighted by Gasteiger charge is -2.12.